The lowest BCUT2D eigenvalue weighted by Gasteiger charge is -2.10. The Morgan fingerprint density at radius 3 is 1.16 bits per heavy atom. The van der Waals surface area contributed by atoms with Gasteiger partial charge in [0.1, 0.15) is 0 Å². The molecule has 37 heavy (non-hydrogen) atoms. The van der Waals surface area contributed by atoms with Gasteiger partial charge in [-0.2, -0.15) is 0 Å². The number of aromatic nitrogens is 3. The molecule has 0 saturated carbocycles. The molecule has 4 heteroatoms. The zero-order valence-corrected chi connectivity index (χ0v) is 20.7. The molecule has 0 unspecified atom stereocenters. The van der Waals surface area contributed by atoms with Crippen molar-refractivity contribution < 1.29 is 0 Å². The van der Waals surface area contributed by atoms with E-state index in [9.17, 15) is 0 Å². The van der Waals surface area contributed by atoms with Gasteiger partial charge in [0.25, 0.3) is 0 Å². The van der Waals surface area contributed by atoms with Crippen molar-refractivity contribution in [3.05, 3.63) is 138 Å². The second-order valence-corrected chi connectivity index (χ2v) is 9.15. The summed E-state index contributed by atoms with van der Waals surface area (Å²) >= 11 is 6.24. The lowest BCUT2D eigenvalue weighted by Crippen LogP contribution is -2.00. The Balaban J connectivity index is 1.44. The highest BCUT2D eigenvalue weighted by molar-refractivity contribution is 6.30. The molecule has 0 spiro atoms. The molecule has 176 valence electrons. The van der Waals surface area contributed by atoms with Crippen LogP contribution in [0.3, 0.4) is 0 Å². The van der Waals surface area contributed by atoms with Crippen molar-refractivity contribution in [1.82, 2.24) is 15.0 Å². The van der Waals surface area contributed by atoms with E-state index in [1.54, 1.807) is 0 Å². The highest BCUT2D eigenvalue weighted by Gasteiger charge is 2.13. The number of rotatable bonds is 5. The highest BCUT2D eigenvalue weighted by atomic mass is 35.5. The van der Waals surface area contributed by atoms with Crippen molar-refractivity contribution in [1.29, 1.82) is 0 Å². The van der Waals surface area contributed by atoms with Gasteiger partial charge < -0.3 is 0 Å². The summed E-state index contributed by atoms with van der Waals surface area (Å²) < 4.78 is 0. The predicted octanol–water partition coefficient (Wildman–Crippen LogP) is 8.86. The van der Waals surface area contributed by atoms with Gasteiger partial charge in [0.2, 0.25) is 0 Å². The average molecular weight is 496 g/mol. The van der Waals surface area contributed by atoms with Crippen LogP contribution in [-0.2, 0) is 0 Å². The first-order valence-electron chi connectivity index (χ1n) is 12.1. The Kier molecular flexibility index (Phi) is 6.28. The first-order chi connectivity index (χ1) is 18.2. The van der Waals surface area contributed by atoms with Crippen LogP contribution in [0.15, 0.2) is 133 Å². The molecule has 0 aliphatic rings. The molecule has 0 N–H and O–H groups in total. The Labute approximate surface area is 221 Å². The summed E-state index contributed by atoms with van der Waals surface area (Å²) in [6, 6.07) is 44.8. The number of halogens is 1. The van der Waals surface area contributed by atoms with E-state index >= 15 is 0 Å². The van der Waals surface area contributed by atoms with E-state index in [2.05, 4.69) is 42.5 Å². The Hall–Kier alpha value is -4.60. The standard InChI is InChI=1S/C33H22ClN3/c34-30-19-9-17-28(22-30)26-15-7-14-25(20-26)27-16-8-18-29(21-27)33-36-31(23-10-3-1-4-11-23)35-32(37-33)24-12-5-2-6-13-24/h1-22H. The molecule has 6 rings (SSSR count). The maximum Gasteiger partial charge on any atom is 0.164 e. The average Bonchev–Trinajstić information content (AvgIpc) is 2.98. The van der Waals surface area contributed by atoms with Gasteiger partial charge in [-0.05, 0) is 46.5 Å². The quantitative estimate of drug-likeness (QED) is 0.240. The van der Waals surface area contributed by atoms with Gasteiger partial charge in [0, 0.05) is 21.7 Å². The van der Waals surface area contributed by atoms with E-state index < -0.39 is 0 Å². The van der Waals surface area contributed by atoms with Gasteiger partial charge in [0.05, 0.1) is 0 Å². The topological polar surface area (TPSA) is 38.7 Å². The minimum absolute atomic E-state index is 0.639. The predicted molar refractivity (Wildman–Crippen MR) is 152 cm³/mol. The van der Waals surface area contributed by atoms with Crippen molar-refractivity contribution >= 4 is 11.6 Å². The summed E-state index contributed by atoms with van der Waals surface area (Å²) in [6.07, 6.45) is 0. The van der Waals surface area contributed by atoms with Crippen LogP contribution in [0.25, 0.3) is 56.4 Å². The van der Waals surface area contributed by atoms with Crippen LogP contribution >= 0.6 is 11.6 Å². The molecule has 0 saturated heterocycles. The molecule has 0 bridgehead atoms. The molecule has 1 heterocycles. The fourth-order valence-electron chi connectivity index (χ4n) is 4.32. The largest absolute Gasteiger partial charge is 0.208 e. The molecular formula is C33H22ClN3. The zero-order chi connectivity index (χ0) is 25.0. The smallest absolute Gasteiger partial charge is 0.164 e. The number of hydrogen-bond donors (Lipinski definition) is 0. The third kappa shape index (κ3) is 5.04. The summed E-state index contributed by atoms with van der Waals surface area (Å²) in [7, 11) is 0. The van der Waals surface area contributed by atoms with Gasteiger partial charge in [0.15, 0.2) is 17.5 Å². The van der Waals surface area contributed by atoms with Crippen LogP contribution in [0.2, 0.25) is 5.02 Å². The van der Waals surface area contributed by atoms with Crippen molar-refractivity contribution in [3.8, 4) is 56.4 Å². The monoisotopic (exact) mass is 495 g/mol. The third-order valence-corrected chi connectivity index (χ3v) is 6.41. The minimum Gasteiger partial charge on any atom is -0.208 e. The molecule has 0 aliphatic carbocycles. The molecule has 3 nitrogen and oxygen atoms in total. The Bertz CT molecular complexity index is 1620. The Morgan fingerprint density at radius 2 is 0.676 bits per heavy atom. The first-order valence-corrected chi connectivity index (χ1v) is 12.4. The van der Waals surface area contributed by atoms with E-state index in [1.807, 2.05) is 91.0 Å². The zero-order valence-electron chi connectivity index (χ0n) is 19.9. The molecule has 0 atom stereocenters. The summed E-state index contributed by atoms with van der Waals surface area (Å²) in [5, 5.41) is 0.725. The molecule has 0 amide bonds. The summed E-state index contributed by atoms with van der Waals surface area (Å²) in [5.74, 6) is 1.94. The number of benzene rings is 5. The van der Waals surface area contributed by atoms with Crippen LogP contribution in [-0.4, -0.2) is 15.0 Å². The van der Waals surface area contributed by atoms with Gasteiger partial charge in [-0.1, -0.05) is 121 Å². The molecule has 1 aromatic heterocycles. The summed E-state index contributed by atoms with van der Waals surface area (Å²) in [5.41, 5.74) is 7.24. The second kappa shape index (κ2) is 10.2. The fraction of sp³-hybridized carbons (Fsp3) is 0. The van der Waals surface area contributed by atoms with E-state index in [-0.39, 0.29) is 0 Å². The summed E-state index contributed by atoms with van der Waals surface area (Å²) in [4.78, 5) is 14.5. The van der Waals surface area contributed by atoms with Gasteiger partial charge in [-0.3, -0.25) is 0 Å². The second-order valence-electron chi connectivity index (χ2n) is 8.71. The molecule has 5 aromatic carbocycles. The van der Waals surface area contributed by atoms with Crippen LogP contribution in [0.4, 0.5) is 0 Å². The third-order valence-electron chi connectivity index (χ3n) is 6.17. The number of nitrogens with zero attached hydrogens (tertiary/aromatic N) is 3. The van der Waals surface area contributed by atoms with Gasteiger partial charge in [-0.25, -0.2) is 15.0 Å². The van der Waals surface area contributed by atoms with E-state index in [4.69, 9.17) is 26.6 Å². The summed E-state index contributed by atoms with van der Waals surface area (Å²) in [6.45, 7) is 0. The maximum atomic E-state index is 6.24. The molecule has 6 aromatic rings. The first kappa shape index (κ1) is 22.8. The lowest BCUT2D eigenvalue weighted by molar-refractivity contribution is 1.07. The molecule has 0 fully saturated rings. The van der Waals surface area contributed by atoms with Crippen molar-refractivity contribution in [2.24, 2.45) is 0 Å². The highest BCUT2D eigenvalue weighted by Crippen LogP contribution is 2.31. The van der Waals surface area contributed by atoms with Crippen LogP contribution < -0.4 is 0 Å². The molecule has 0 radical (unpaired) electrons. The van der Waals surface area contributed by atoms with Crippen LogP contribution in [0.5, 0.6) is 0 Å². The number of hydrogen-bond acceptors (Lipinski definition) is 3. The van der Waals surface area contributed by atoms with Crippen molar-refractivity contribution in [2.45, 2.75) is 0 Å². The molecule has 0 aliphatic heterocycles. The minimum atomic E-state index is 0.639. The lowest BCUT2D eigenvalue weighted by atomic mass is 9.98. The Morgan fingerprint density at radius 1 is 0.324 bits per heavy atom. The molecular weight excluding hydrogens is 474 g/mol. The fourth-order valence-corrected chi connectivity index (χ4v) is 4.51. The maximum absolute atomic E-state index is 6.24. The SMILES string of the molecule is Clc1cccc(-c2cccc(-c3cccc(-c4nc(-c5ccccc5)nc(-c5ccccc5)n4)c3)c2)c1. The van der Waals surface area contributed by atoms with Gasteiger partial charge in [-0.15, -0.1) is 0 Å². The van der Waals surface area contributed by atoms with Crippen molar-refractivity contribution in [3.63, 3.8) is 0 Å². The van der Waals surface area contributed by atoms with Crippen LogP contribution in [0.1, 0.15) is 0 Å². The van der Waals surface area contributed by atoms with Gasteiger partial charge >= 0.3 is 0 Å². The van der Waals surface area contributed by atoms with Crippen LogP contribution in [0, 0.1) is 0 Å². The van der Waals surface area contributed by atoms with Crippen molar-refractivity contribution in [2.75, 3.05) is 0 Å². The normalized spacial score (nSPS) is 10.8. The van der Waals surface area contributed by atoms with E-state index in [0.29, 0.717) is 17.5 Å². The van der Waals surface area contributed by atoms with E-state index in [1.165, 1.54) is 0 Å². The van der Waals surface area contributed by atoms with E-state index in [0.717, 1.165) is 44.0 Å².